The fourth-order valence-corrected chi connectivity index (χ4v) is 0.850. The van der Waals surface area contributed by atoms with Crippen molar-refractivity contribution in [3.05, 3.63) is 18.0 Å². The molecule has 1 aromatic heterocycles. The minimum Gasteiger partial charge on any atom is -0.370 e. The smallest absolute Gasteiger partial charge is 0.188 e. The summed E-state index contributed by atoms with van der Waals surface area (Å²) in [6.07, 6.45) is 1.52. The second-order valence-corrected chi connectivity index (χ2v) is 3.47. The van der Waals surface area contributed by atoms with Gasteiger partial charge >= 0.3 is 0 Å². The Morgan fingerprint density at radius 2 is 2.50 bits per heavy atom. The molecule has 5 heteroatoms. The fraction of sp³-hybridized carbons (Fsp3) is 0.556. The van der Waals surface area contributed by atoms with Gasteiger partial charge in [0.25, 0.3) is 0 Å². The molecule has 0 saturated carbocycles. The van der Waals surface area contributed by atoms with Gasteiger partial charge in [-0.1, -0.05) is 19.0 Å². The number of rotatable bonds is 4. The quantitative estimate of drug-likeness (QED) is 0.550. The molecule has 1 rings (SSSR count). The SMILES string of the molecule is CC(C)CNC(N)=NCc1ccon1. The Kier molecular flexibility index (Phi) is 3.97. The van der Waals surface area contributed by atoms with E-state index in [1.54, 1.807) is 6.07 Å². The summed E-state index contributed by atoms with van der Waals surface area (Å²) in [5.74, 6) is 0.998. The number of hydrogen-bond donors (Lipinski definition) is 2. The maximum atomic E-state index is 5.62. The second kappa shape index (κ2) is 5.26. The Labute approximate surface area is 83.4 Å². The van der Waals surface area contributed by atoms with Crippen LogP contribution in [0.4, 0.5) is 0 Å². The number of hydrogen-bond acceptors (Lipinski definition) is 3. The van der Waals surface area contributed by atoms with Crippen molar-refractivity contribution >= 4 is 5.96 Å². The van der Waals surface area contributed by atoms with Gasteiger partial charge in [-0.25, -0.2) is 4.99 Å². The predicted molar refractivity (Wildman–Crippen MR) is 54.7 cm³/mol. The minimum absolute atomic E-state index is 0.446. The number of aromatic nitrogens is 1. The van der Waals surface area contributed by atoms with Crippen LogP contribution in [0.25, 0.3) is 0 Å². The van der Waals surface area contributed by atoms with E-state index in [4.69, 9.17) is 5.73 Å². The van der Waals surface area contributed by atoms with Crippen LogP contribution in [0.15, 0.2) is 21.8 Å². The summed E-state index contributed by atoms with van der Waals surface area (Å²) in [7, 11) is 0. The summed E-state index contributed by atoms with van der Waals surface area (Å²) in [5, 5.41) is 6.73. The first-order chi connectivity index (χ1) is 6.68. The van der Waals surface area contributed by atoms with Crippen LogP contribution < -0.4 is 11.1 Å². The van der Waals surface area contributed by atoms with Crippen LogP contribution in [0.3, 0.4) is 0 Å². The molecule has 0 saturated heterocycles. The molecule has 5 nitrogen and oxygen atoms in total. The molecule has 0 bridgehead atoms. The third kappa shape index (κ3) is 3.93. The van der Waals surface area contributed by atoms with E-state index in [1.165, 1.54) is 6.26 Å². The molecule has 1 aromatic rings. The molecule has 0 fully saturated rings. The van der Waals surface area contributed by atoms with Gasteiger partial charge in [-0.15, -0.1) is 0 Å². The third-order valence-electron chi connectivity index (χ3n) is 1.59. The summed E-state index contributed by atoms with van der Waals surface area (Å²) in [5.41, 5.74) is 6.40. The van der Waals surface area contributed by atoms with Gasteiger partial charge in [0.2, 0.25) is 0 Å². The molecule has 0 aliphatic heterocycles. The summed E-state index contributed by atoms with van der Waals surface area (Å²) in [6, 6.07) is 1.76. The van der Waals surface area contributed by atoms with Gasteiger partial charge in [0, 0.05) is 12.6 Å². The van der Waals surface area contributed by atoms with Crippen molar-refractivity contribution in [2.24, 2.45) is 16.6 Å². The van der Waals surface area contributed by atoms with Crippen molar-refractivity contribution in [1.82, 2.24) is 10.5 Å². The summed E-state index contributed by atoms with van der Waals surface area (Å²) in [4.78, 5) is 4.10. The zero-order valence-corrected chi connectivity index (χ0v) is 8.53. The lowest BCUT2D eigenvalue weighted by molar-refractivity contribution is 0.412. The zero-order valence-electron chi connectivity index (χ0n) is 8.53. The predicted octanol–water partition coefficient (Wildman–Crippen LogP) is 0.735. The fourth-order valence-electron chi connectivity index (χ4n) is 0.850. The van der Waals surface area contributed by atoms with Crippen LogP contribution in [0.1, 0.15) is 19.5 Å². The first-order valence-electron chi connectivity index (χ1n) is 4.61. The standard InChI is InChI=1S/C9H16N4O/c1-7(2)5-11-9(10)12-6-8-3-4-14-13-8/h3-4,7H,5-6H2,1-2H3,(H3,10,11,12). The summed E-state index contributed by atoms with van der Waals surface area (Å²) in [6.45, 7) is 5.50. The van der Waals surface area contributed by atoms with E-state index < -0.39 is 0 Å². The first-order valence-corrected chi connectivity index (χ1v) is 4.61. The largest absolute Gasteiger partial charge is 0.370 e. The van der Waals surface area contributed by atoms with Crippen LogP contribution in [0.5, 0.6) is 0 Å². The van der Waals surface area contributed by atoms with Gasteiger partial charge in [-0.3, -0.25) is 0 Å². The van der Waals surface area contributed by atoms with Crippen LogP contribution in [0.2, 0.25) is 0 Å². The molecule has 78 valence electrons. The van der Waals surface area contributed by atoms with Crippen LogP contribution in [0, 0.1) is 5.92 Å². The topological polar surface area (TPSA) is 76.4 Å². The molecular formula is C9H16N4O. The highest BCUT2D eigenvalue weighted by atomic mass is 16.5. The number of nitrogens with zero attached hydrogens (tertiary/aromatic N) is 2. The second-order valence-electron chi connectivity index (χ2n) is 3.47. The Morgan fingerprint density at radius 1 is 1.71 bits per heavy atom. The Morgan fingerprint density at radius 3 is 3.07 bits per heavy atom. The molecule has 0 aliphatic carbocycles. The summed E-state index contributed by atoms with van der Waals surface area (Å²) < 4.78 is 4.66. The highest BCUT2D eigenvalue weighted by molar-refractivity contribution is 5.77. The Bertz CT molecular complexity index is 279. The van der Waals surface area contributed by atoms with Gasteiger partial charge in [0.15, 0.2) is 5.96 Å². The van der Waals surface area contributed by atoms with E-state index in [1.807, 2.05) is 0 Å². The molecule has 0 aliphatic rings. The van der Waals surface area contributed by atoms with E-state index in [2.05, 4.69) is 33.8 Å². The highest BCUT2D eigenvalue weighted by Gasteiger charge is 1.97. The molecule has 1 heterocycles. The lowest BCUT2D eigenvalue weighted by Crippen LogP contribution is -2.34. The minimum atomic E-state index is 0.446. The monoisotopic (exact) mass is 196 g/mol. The van der Waals surface area contributed by atoms with E-state index in [-0.39, 0.29) is 0 Å². The normalized spacial score (nSPS) is 12.1. The van der Waals surface area contributed by atoms with E-state index >= 15 is 0 Å². The maximum absolute atomic E-state index is 5.62. The number of aliphatic imine (C=N–C) groups is 1. The average Bonchev–Trinajstić information content (AvgIpc) is 2.63. The lowest BCUT2D eigenvalue weighted by atomic mass is 10.2. The molecule has 0 amide bonds. The number of guanidine groups is 1. The van der Waals surface area contributed by atoms with Crippen LogP contribution in [-0.4, -0.2) is 17.7 Å². The average molecular weight is 196 g/mol. The molecule has 0 unspecified atom stereocenters. The maximum Gasteiger partial charge on any atom is 0.188 e. The van der Waals surface area contributed by atoms with Crippen molar-refractivity contribution in [3.8, 4) is 0 Å². The Balaban J connectivity index is 2.30. The molecule has 3 N–H and O–H groups in total. The van der Waals surface area contributed by atoms with Crippen LogP contribution >= 0.6 is 0 Å². The Hall–Kier alpha value is -1.52. The summed E-state index contributed by atoms with van der Waals surface area (Å²) >= 11 is 0. The molecular weight excluding hydrogens is 180 g/mol. The van der Waals surface area contributed by atoms with Crippen molar-refractivity contribution in [2.75, 3.05) is 6.54 Å². The van der Waals surface area contributed by atoms with Gasteiger partial charge in [-0.2, -0.15) is 0 Å². The van der Waals surface area contributed by atoms with Crippen LogP contribution in [-0.2, 0) is 6.54 Å². The zero-order chi connectivity index (χ0) is 10.4. The van der Waals surface area contributed by atoms with E-state index in [0.29, 0.717) is 18.4 Å². The van der Waals surface area contributed by atoms with E-state index in [9.17, 15) is 0 Å². The van der Waals surface area contributed by atoms with E-state index in [0.717, 1.165) is 12.2 Å². The van der Waals surface area contributed by atoms with Crippen molar-refractivity contribution in [1.29, 1.82) is 0 Å². The van der Waals surface area contributed by atoms with Gasteiger partial charge in [0.1, 0.15) is 12.0 Å². The van der Waals surface area contributed by atoms with Crippen molar-refractivity contribution in [2.45, 2.75) is 20.4 Å². The van der Waals surface area contributed by atoms with Crippen molar-refractivity contribution in [3.63, 3.8) is 0 Å². The lowest BCUT2D eigenvalue weighted by Gasteiger charge is -2.06. The highest BCUT2D eigenvalue weighted by Crippen LogP contribution is 1.95. The molecule has 0 aromatic carbocycles. The number of nitrogens with one attached hydrogen (secondary N) is 1. The van der Waals surface area contributed by atoms with Gasteiger partial charge in [0.05, 0.1) is 6.54 Å². The number of nitrogens with two attached hydrogens (primary N) is 1. The molecule has 0 atom stereocenters. The molecule has 0 spiro atoms. The van der Waals surface area contributed by atoms with Gasteiger partial charge < -0.3 is 15.6 Å². The first kappa shape index (κ1) is 10.6. The molecule has 0 radical (unpaired) electrons. The van der Waals surface area contributed by atoms with Crippen molar-refractivity contribution < 1.29 is 4.52 Å². The third-order valence-corrected chi connectivity index (χ3v) is 1.59. The van der Waals surface area contributed by atoms with Gasteiger partial charge in [-0.05, 0) is 5.92 Å². The molecule has 14 heavy (non-hydrogen) atoms.